The second-order valence-electron chi connectivity index (χ2n) is 4.88. The van der Waals surface area contributed by atoms with E-state index < -0.39 is 52.1 Å². The molecule has 0 amide bonds. The van der Waals surface area contributed by atoms with Crippen LogP contribution < -0.4 is 0 Å². The molecule has 1 rings (SSSR count). The van der Waals surface area contributed by atoms with Crippen LogP contribution in [0.2, 0.25) is 0 Å². The van der Waals surface area contributed by atoms with Gasteiger partial charge in [0.2, 0.25) is 11.6 Å². The van der Waals surface area contributed by atoms with Crippen molar-refractivity contribution in [2.24, 2.45) is 0 Å². The van der Waals surface area contributed by atoms with Crippen LogP contribution in [0.5, 0.6) is 11.5 Å². The number of ketones is 1. The van der Waals surface area contributed by atoms with Gasteiger partial charge in [0.1, 0.15) is 11.4 Å². The maximum Gasteiger partial charge on any atom is 0.207 e. The van der Waals surface area contributed by atoms with Gasteiger partial charge in [0.25, 0.3) is 0 Å². The summed E-state index contributed by atoms with van der Waals surface area (Å²) in [5.74, 6) is -6.66. The molecule has 0 radical (unpaired) electrons. The van der Waals surface area contributed by atoms with Gasteiger partial charge >= 0.3 is 0 Å². The van der Waals surface area contributed by atoms with E-state index >= 15 is 0 Å². The summed E-state index contributed by atoms with van der Waals surface area (Å²) in [5, 5.41) is 18.8. The highest BCUT2D eigenvalue weighted by molar-refractivity contribution is 6.00. The molecule has 18 heavy (non-hydrogen) atoms. The fraction of sp³-hybridized carbons (Fsp3) is 0.417. The smallest absolute Gasteiger partial charge is 0.207 e. The first-order valence-corrected chi connectivity index (χ1v) is 5.15. The second-order valence-corrected chi connectivity index (χ2v) is 4.88. The van der Waals surface area contributed by atoms with E-state index in [4.69, 9.17) is 0 Å². The summed E-state index contributed by atoms with van der Waals surface area (Å²) in [7, 11) is 0. The standard InChI is InChI=1S/C12H13F3O3/c1-12(2,3)7-8(14)6(5(16)4-13)10(17)9(15)11(7)18/h17-18H,4H2,1-3H3. The number of Topliss-reactive ketones (excluding diaryl/α,β-unsaturated/α-hetero) is 1. The van der Waals surface area contributed by atoms with Crippen molar-refractivity contribution in [2.45, 2.75) is 26.2 Å². The summed E-state index contributed by atoms with van der Waals surface area (Å²) in [6.07, 6.45) is 0. The van der Waals surface area contributed by atoms with Gasteiger partial charge in [-0.25, -0.2) is 8.78 Å². The first-order chi connectivity index (χ1) is 8.12. The summed E-state index contributed by atoms with van der Waals surface area (Å²) in [6.45, 7) is 2.86. The molecule has 1 aromatic rings. The van der Waals surface area contributed by atoms with Crippen LogP contribution >= 0.6 is 0 Å². The van der Waals surface area contributed by atoms with Gasteiger partial charge in [-0.15, -0.1) is 0 Å². The van der Waals surface area contributed by atoms with Gasteiger partial charge in [0.15, 0.2) is 18.2 Å². The Balaban J connectivity index is 3.77. The Hall–Kier alpha value is -1.72. The second kappa shape index (κ2) is 4.51. The number of rotatable bonds is 2. The van der Waals surface area contributed by atoms with Gasteiger partial charge in [-0.3, -0.25) is 4.79 Å². The van der Waals surface area contributed by atoms with Crippen LogP contribution in [-0.4, -0.2) is 22.7 Å². The highest BCUT2D eigenvalue weighted by Gasteiger charge is 2.33. The quantitative estimate of drug-likeness (QED) is 0.806. The third kappa shape index (κ3) is 2.14. The summed E-state index contributed by atoms with van der Waals surface area (Å²) < 4.78 is 39.8. The molecule has 3 nitrogen and oxygen atoms in total. The molecule has 0 aliphatic carbocycles. The fourth-order valence-corrected chi connectivity index (χ4v) is 1.67. The summed E-state index contributed by atoms with van der Waals surface area (Å²) >= 11 is 0. The number of aromatic hydroxyl groups is 2. The molecular formula is C12H13F3O3. The molecule has 0 heterocycles. The van der Waals surface area contributed by atoms with Gasteiger partial charge < -0.3 is 10.2 Å². The van der Waals surface area contributed by atoms with Gasteiger partial charge in [-0.05, 0) is 5.41 Å². The third-order valence-electron chi connectivity index (χ3n) is 2.48. The molecule has 2 N–H and O–H groups in total. The maximum atomic E-state index is 14.0. The average Bonchev–Trinajstić information content (AvgIpc) is 2.24. The van der Waals surface area contributed by atoms with Crippen LogP contribution in [-0.2, 0) is 5.41 Å². The predicted octanol–water partition coefficient (Wildman–Crippen LogP) is 2.83. The third-order valence-corrected chi connectivity index (χ3v) is 2.48. The predicted molar refractivity (Wildman–Crippen MR) is 58.7 cm³/mol. The minimum absolute atomic E-state index is 0.477. The van der Waals surface area contributed by atoms with E-state index in [2.05, 4.69) is 0 Å². The average molecular weight is 262 g/mol. The minimum Gasteiger partial charge on any atom is -0.504 e. The minimum atomic E-state index is -1.57. The van der Waals surface area contributed by atoms with Crippen LogP contribution in [0.25, 0.3) is 0 Å². The van der Waals surface area contributed by atoms with Crippen LogP contribution in [0.15, 0.2) is 0 Å². The summed E-state index contributed by atoms with van der Waals surface area (Å²) in [6, 6.07) is 0. The van der Waals surface area contributed by atoms with E-state index in [0.29, 0.717) is 0 Å². The Morgan fingerprint density at radius 2 is 1.61 bits per heavy atom. The Bertz CT molecular complexity index is 505. The van der Waals surface area contributed by atoms with E-state index in [1.54, 1.807) is 0 Å². The largest absolute Gasteiger partial charge is 0.504 e. The lowest BCUT2D eigenvalue weighted by Crippen LogP contribution is -2.18. The lowest BCUT2D eigenvalue weighted by Gasteiger charge is -2.23. The maximum absolute atomic E-state index is 14.0. The molecule has 0 spiro atoms. The van der Waals surface area contributed by atoms with E-state index in [1.807, 2.05) is 0 Å². The Kier molecular flexibility index (Phi) is 3.59. The Morgan fingerprint density at radius 3 is 2.00 bits per heavy atom. The van der Waals surface area contributed by atoms with Crippen molar-refractivity contribution < 1.29 is 28.2 Å². The molecule has 0 saturated heterocycles. The zero-order valence-corrected chi connectivity index (χ0v) is 10.1. The lowest BCUT2D eigenvalue weighted by molar-refractivity contribution is 0.0950. The van der Waals surface area contributed by atoms with Crippen molar-refractivity contribution >= 4 is 5.78 Å². The molecule has 0 fully saturated rings. The number of hydrogen-bond acceptors (Lipinski definition) is 3. The summed E-state index contributed by atoms with van der Waals surface area (Å²) in [5.41, 5.74) is -2.57. The number of carbonyl (C=O) groups is 1. The number of carbonyl (C=O) groups excluding carboxylic acids is 1. The van der Waals surface area contributed by atoms with Crippen molar-refractivity contribution in [1.82, 2.24) is 0 Å². The molecule has 0 atom stereocenters. The van der Waals surface area contributed by atoms with E-state index in [-0.39, 0.29) is 0 Å². The molecule has 0 bridgehead atoms. The first kappa shape index (κ1) is 14.3. The molecule has 1 aromatic carbocycles. The molecule has 0 saturated carbocycles. The molecule has 0 aliphatic rings. The highest BCUT2D eigenvalue weighted by Crippen LogP contribution is 2.41. The molecule has 0 aliphatic heterocycles. The Labute approximate surface area is 102 Å². The van der Waals surface area contributed by atoms with E-state index in [9.17, 15) is 28.2 Å². The Morgan fingerprint density at radius 1 is 1.11 bits per heavy atom. The molecular weight excluding hydrogens is 249 g/mol. The van der Waals surface area contributed by atoms with Crippen LogP contribution in [0.1, 0.15) is 36.7 Å². The number of halogens is 3. The van der Waals surface area contributed by atoms with Crippen molar-refractivity contribution in [3.05, 3.63) is 22.8 Å². The zero-order valence-electron chi connectivity index (χ0n) is 10.1. The number of alkyl halides is 1. The highest BCUT2D eigenvalue weighted by atomic mass is 19.1. The monoisotopic (exact) mass is 262 g/mol. The van der Waals surface area contributed by atoms with Crippen molar-refractivity contribution in [1.29, 1.82) is 0 Å². The van der Waals surface area contributed by atoms with Crippen LogP contribution in [0.4, 0.5) is 13.2 Å². The van der Waals surface area contributed by atoms with E-state index in [0.717, 1.165) is 0 Å². The van der Waals surface area contributed by atoms with Gasteiger partial charge in [0, 0.05) is 5.56 Å². The molecule has 0 unspecified atom stereocenters. The van der Waals surface area contributed by atoms with Crippen molar-refractivity contribution in [3.63, 3.8) is 0 Å². The van der Waals surface area contributed by atoms with Gasteiger partial charge in [0.05, 0.1) is 0 Å². The topological polar surface area (TPSA) is 57.5 Å². The van der Waals surface area contributed by atoms with Gasteiger partial charge in [-0.2, -0.15) is 4.39 Å². The first-order valence-electron chi connectivity index (χ1n) is 5.15. The number of phenolic OH excluding ortho intramolecular Hbond substituents is 2. The number of benzene rings is 1. The van der Waals surface area contributed by atoms with Crippen LogP contribution in [0, 0.1) is 11.6 Å². The zero-order chi connectivity index (χ0) is 14.2. The lowest BCUT2D eigenvalue weighted by atomic mass is 9.84. The van der Waals surface area contributed by atoms with Crippen LogP contribution in [0.3, 0.4) is 0 Å². The molecule has 6 heteroatoms. The number of hydrogen-bond donors (Lipinski definition) is 2. The number of phenols is 2. The van der Waals surface area contributed by atoms with E-state index in [1.165, 1.54) is 20.8 Å². The van der Waals surface area contributed by atoms with Gasteiger partial charge in [-0.1, -0.05) is 20.8 Å². The molecule has 100 valence electrons. The van der Waals surface area contributed by atoms with Crippen molar-refractivity contribution in [2.75, 3.05) is 6.67 Å². The normalized spacial score (nSPS) is 11.7. The van der Waals surface area contributed by atoms with Crippen molar-refractivity contribution in [3.8, 4) is 11.5 Å². The fourth-order valence-electron chi connectivity index (χ4n) is 1.67. The summed E-state index contributed by atoms with van der Waals surface area (Å²) in [4.78, 5) is 11.2. The SMILES string of the molecule is CC(C)(C)c1c(O)c(F)c(O)c(C(=O)CF)c1F. The molecule has 0 aromatic heterocycles.